The summed E-state index contributed by atoms with van der Waals surface area (Å²) in [6, 6.07) is 2.17. The average molecular weight is 266 g/mol. The second-order valence-corrected chi connectivity index (χ2v) is 5.85. The molecule has 2 rings (SSSR count). The van der Waals surface area contributed by atoms with E-state index in [4.69, 9.17) is 4.74 Å². The molecule has 0 aromatic carbocycles. The molecule has 1 saturated heterocycles. The molecule has 2 N–H and O–H groups in total. The van der Waals surface area contributed by atoms with Crippen molar-refractivity contribution in [1.29, 1.82) is 5.26 Å². The van der Waals surface area contributed by atoms with Crippen LogP contribution >= 0.6 is 0 Å². The lowest BCUT2D eigenvalue weighted by molar-refractivity contribution is -0.133. The number of rotatable bonds is 4. The smallest absolute Gasteiger partial charge is 0.240 e. The Kier molecular flexibility index (Phi) is 4.43. The molecule has 106 valence electrons. The molecule has 2 aliphatic rings. The number of nitrogens with one attached hydrogen (secondary N) is 1. The number of ether oxygens (including phenoxy) is 1. The van der Waals surface area contributed by atoms with Crippen molar-refractivity contribution in [2.24, 2.45) is 10.8 Å². The molecule has 0 spiro atoms. The van der Waals surface area contributed by atoms with Crippen LogP contribution in [0.1, 0.15) is 38.5 Å². The molecule has 1 amide bonds. The van der Waals surface area contributed by atoms with Crippen LogP contribution in [0.4, 0.5) is 0 Å². The SMILES string of the molecule is N#CC1(C(=O)NCC2(CO)CCCC2)CCOCC1. The van der Waals surface area contributed by atoms with Gasteiger partial charge >= 0.3 is 0 Å². The Bertz CT molecular complexity index is 363. The van der Waals surface area contributed by atoms with Gasteiger partial charge in [0, 0.05) is 25.2 Å². The molecule has 0 radical (unpaired) electrons. The highest BCUT2D eigenvalue weighted by Gasteiger charge is 2.42. The van der Waals surface area contributed by atoms with Crippen LogP contribution in [0.25, 0.3) is 0 Å². The molecule has 1 aliphatic heterocycles. The van der Waals surface area contributed by atoms with Crippen molar-refractivity contribution in [3.63, 3.8) is 0 Å². The van der Waals surface area contributed by atoms with E-state index >= 15 is 0 Å². The van der Waals surface area contributed by atoms with Crippen molar-refractivity contribution in [2.75, 3.05) is 26.4 Å². The van der Waals surface area contributed by atoms with Gasteiger partial charge in [-0.25, -0.2) is 0 Å². The first-order valence-electron chi connectivity index (χ1n) is 7.05. The molecule has 0 aromatic heterocycles. The lowest BCUT2D eigenvalue weighted by Crippen LogP contribution is -2.47. The summed E-state index contributed by atoms with van der Waals surface area (Å²) in [7, 11) is 0. The number of hydrogen-bond donors (Lipinski definition) is 2. The number of nitrogens with zero attached hydrogens (tertiary/aromatic N) is 1. The molecule has 0 bridgehead atoms. The first kappa shape index (κ1) is 14.3. The number of aliphatic hydroxyl groups is 1. The molecule has 19 heavy (non-hydrogen) atoms. The molecule has 1 heterocycles. The quantitative estimate of drug-likeness (QED) is 0.794. The van der Waals surface area contributed by atoms with Gasteiger partial charge in [0.05, 0.1) is 12.7 Å². The fourth-order valence-electron chi connectivity index (χ4n) is 3.06. The van der Waals surface area contributed by atoms with Gasteiger partial charge in [0.25, 0.3) is 0 Å². The van der Waals surface area contributed by atoms with Crippen molar-refractivity contribution in [3.05, 3.63) is 0 Å². The molecule has 2 fully saturated rings. The van der Waals surface area contributed by atoms with E-state index in [1.54, 1.807) is 0 Å². The lowest BCUT2D eigenvalue weighted by atomic mass is 9.80. The Morgan fingerprint density at radius 2 is 1.89 bits per heavy atom. The number of carbonyl (C=O) groups excluding carboxylic acids is 1. The summed E-state index contributed by atoms with van der Waals surface area (Å²) < 4.78 is 5.22. The summed E-state index contributed by atoms with van der Waals surface area (Å²) in [4.78, 5) is 12.3. The summed E-state index contributed by atoms with van der Waals surface area (Å²) >= 11 is 0. The van der Waals surface area contributed by atoms with Gasteiger partial charge in [-0.15, -0.1) is 0 Å². The van der Waals surface area contributed by atoms with Crippen LogP contribution in [0.15, 0.2) is 0 Å². The first-order chi connectivity index (χ1) is 9.16. The zero-order valence-corrected chi connectivity index (χ0v) is 11.3. The number of carbonyl (C=O) groups is 1. The fraction of sp³-hybridized carbons (Fsp3) is 0.857. The maximum absolute atomic E-state index is 12.3. The Hall–Kier alpha value is -1.12. The minimum Gasteiger partial charge on any atom is -0.396 e. The second kappa shape index (κ2) is 5.89. The van der Waals surface area contributed by atoms with Crippen LogP contribution < -0.4 is 5.32 Å². The highest BCUT2D eigenvalue weighted by atomic mass is 16.5. The van der Waals surface area contributed by atoms with Crippen molar-refractivity contribution in [3.8, 4) is 6.07 Å². The van der Waals surface area contributed by atoms with Crippen LogP contribution in [0.2, 0.25) is 0 Å². The van der Waals surface area contributed by atoms with Crippen molar-refractivity contribution < 1.29 is 14.6 Å². The van der Waals surface area contributed by atoms with E-state index in [9.17, 15) is 15.2 Å². The predicted octanol–water partition coefficient (Wildman–Crippen LogP) is 0.976. The molecular formula is C14H22N2O3. The van der Waals surface area contributed by atoms with E-state index in [2.05, 4.69) is 11.4 Å². The highest BCUT2D eigenvalue weighted by molar-refractivity contribution is 5.85. The van der Waals surface area contributed by atoms with Crippen LogP contribution in [-0.2, 0) is 9.53 Å². The largest absolute Gasteiger partial charge is 0.396 e. The van der Waals surface area contributed by atoms with Crippen LogP contribution in [0.3, 0.4) is 0 Å². The third-order valence-corrected chi connectivity index (χ3v) is 4.62. The molecule has 1 aliphatic carbocycles. The minimum atomic E-state index is -0.937. The summed E-state index contributed by atoms with van der Waals surface area (Å²) in [5.74, 6) is -0.196. The Morgan fingerprint density at radius 1 is 1.26 bits per heavy atom. The van der Waals surface area contributed by atoms with Crippen molar-refractivity contribution in [1.82, 2.24) is 5.32 Å². The molecular weight excluding hydrogens is 244 g/mol. The molecule has 0 atom stereocenters. The second-order valence-electron chi connectivity index (χ2n) is 5.85. The standard InChI is InChI=1S/C14H22N2O3/c15-9-14(5-7-19-8-6-14)12(18)16-10-13(11-17)3-1-2-4-13/h17H,1-8,10-11H2,(H,16,18). The highest BCUT2D eigenvalue weighted by Crippen LogP contribution is 2.37. The molecule has 0 unspecified atom stereocenters. The van der Waals surface area contributed by atoms with Gasteiger partial charge < -0.3 is 15.2 Å². The van der Waals surface area contributed by atoms with Gasteiger partial charge in [-0.05, 0) is 25.7 Å². The topological polar surface area (TPSA) is 82.4 Å². The maximum atomic E-state index is 12.3. The van der Waals surface area contributed by atoms with Gasteiger partial charge in [-0.2, -0.15) is 5.26 Å². The van der Waals surface area contributed by atoms with Crippen LogP contribution in [0, 0.1) is 22.2 Å². The Labute approximate surface area is 113 Å². The third-order valence-electron chi connectivity index (χ3n) is 4.62. The van der Waals surface area contributed by atoms with Gasteiger partial charge in [0.2, 0.25) is 5.91 Å². The molecule has 0 aromatic rings. The summed E-state index contributed by atoms with van der Waals surface area (Å²) in [6.45, 7) is 1.51. The van der Waals surface area contributed by atoms with E-state index in [0.29, 0.717) is 32.6 Å². The number of amides is 1. The van der Waals surface area contributed by atoms with E-state index in [0.717, 1.165) is 25.7 Å². The summed E-state index contributed by atoms with van der Waals surface area (Å²) in [5.41, 5.74) is -1.11. The maximum Gasteiger partial charge on any atom is 0.240 e. The number of nitriles is 1. The average Bonchev–Trinajstić information content (AvgIpc) is 2.95. The van der Waals surface area contributed by atoms with E-state index < -0.39 is 5.41 Å². The van der Waals surface area contributed by atoms with Gasteiger partial charge in [-0.3, -0.25) is 4.79 Å². The summed E-state index contributed by atoms with van der Waals surface area (Å²) in [5, 5.41) is 21.7. The molecule has 5 heteroatoms. The molecule has 5 nitrogen and oxygen atoms in total. The number of aliphatic hydroxyl groups excluding tert-OH is 1. The van der Waals surface area contributed by atoms with Gasteiger partial charge in [0.1, 0.15) is 5.41 Å². The van der Waals surface area contributed by atoms with Crippen LogP contribution in [0.5, 0.6) is 0 Å². The zero-order chi connectivity index (χ0) is 13.8. The molecule has 1 saturated carbocycles. The van der Waals surface area contributed by atoms with E-state index in [1.165, 1.54) is 0 Å². The first-order valence-corrected chi connectivity index (χ1v) is 7.05. The normalized spacial score (nSPS) is 24.6. The summed E-state index contributed by atoms with van der Waals surface area (Å²) in [6.07, 6.45) is 5.03. The third kappa shape index (κ3) is 2.90. The van der Waals surface area contributed by atoms with E-state index in [1.807, 2.05) is 0 Å². The fourth-order valence-corrected chi connectivity index (χ4v) is 3.06. The van der Waals surface area contributed by atoms with Crippen LogP contribution in [-0.4, -0.2) is 37.4 Å². The van der Waals surface area contributed by atoms with Gasteiger partial charge in [-0.1, -0.05) is 12.8 Å². The van der Waals surface area contributed by atoms with Gasteiger partial charge in [0.15, 0.2) is 0 Å². The lowest BCUT2D eigenvalue weighted by Gasteiger charge is -2.32. The Balaban J connectivity index is 1.94. The van der Waals surface area contributed by atoms with E-state index in [-0.39, 0.29) is 17.9 Å². The monoisotopic (exact) mass is 266 g/mol. The van der Waals surface area contributed by atoms with Crippen molar-refractivity contribution >= 4 is 5.91 Å². The van der Waals surface area contributed by atoms with Crippen molar-refractivity contribution in [2.45, 2.75) is 38.5 Å². The minimum absolute atomic E-state index is 0.107. The number of hydrogen-bond acceptors (Lipinski definition) is 4. The Morgan fingerprint density at radius 3 is 2.42 bits per heavy atom. The zero-order valence-electron chi connectivity index (χ0n) is 11.3. The predicted molar refractivity (Wildman–Crippen MR) is 69.1 cm³/mol.